The van der Waals surface area contributed by atoms with Gasteiger partial charge >= 0.3 is 0 Å². The highest BCUT2D eigenvalue weighted by atomic mass is 16.5. The fraction of sp³-hybridized carbons (Fsp3) is 0.194. The van der Waals surface area contributed by atoms with Crippen molar-refractivity contribution < 1.29 is 29.2 Å². The monoisotopic (exact) mass is 496 g/mol. The molecule has 0 radical (unpaired) electrons. The Morgan fingerprint density at radius 3 is 2.05 bits per heavy atom. The van der Waals surface area contributed by atoms with Crippen LogP contribution in [-0.4, -0.2) is 29.7 Å². The molecule has 0 amide bonds. The molecular formula is C31H28O6. The molecule has 6 heteroatoms. The summed E-state index contributed by atoms with van der Waals surface area (Å²) < 4.78 is 18.0. The van der Waals surface area contributed by atoms with Crippen molar-refractivity contribution in [2.24, 2.45) is 0 Å². The quantitative estimate of drug-likeness (QED) is 0.305. The van der Waals surface area contributed by atoms with Gasteiger partial charge in [-0.3, -0.25) is 4.79 Å². The third-order valence-corrected chi connectivity index (χ3v) is 6.68. The number of hydrogen-bond acceptors (Lipinski definition) is 6. The van der Waals surface area contributed by atoms with Gasteiger partial charge < -0.3 is 24.4 Å². The summed E-state index contributed by atoms with van der Waals surface area (Å²) in [6.07, 6.45) is -0.538. The Hall–Kier alpha value is -4.29. The number of aromatic hydroxyl groups is 2. The lowest BCUT2D eigenvalue weighted by Gasteiger charge is -2.34. The smallest absolute Gasteiger partial charge is 0.201 e. The summed E-state index contributed by atoms with van der Waals surface area (Å²) in [6.45, 7) is 2.68. The van der Waals surface area contributed by atoms with Crippen LogP contribution in [0.15, 0.2) is 84.9 Å². The van der Waals surface area contributed by atoms with Crippen molar-refractivity contribution in [3.8, 4) is 23.0 Å². The lowest BCUT2D eigenvalue weighted by molar-refractivity contribution is 0.0492. The molecular weight excluding hydrogens is 468 g/mol. The minimum atomic E-state index is -0.538. The highest BCUT2D eigenvalue weighted by Gasteiger charge is 2.40. The number of fused-ring (bicyclic) bond motifs is 2. The van der Waals surface area contributed by atoms with Gasteiger partial charge in [0, 0.05) is 12.5 Å². The number of ether oxygens (including phenoxy) is 3. The van der Waals surface area contributed by atoms with E-state index in [-0.39, 0.29) is 22.6 Å². The summed E-state index contributed by atoms with van der Waals surface area (Å²) in [5.74, 6) is 0.0283. The van der Waals surface area contributed by atoms with E-state index in [1.165, 1.54) is 12.1 Å². The molecule has 4 aromatic carbocycles. The standard InChI is InChI=1S/C31H28O6/c1-3-36-31(20-15-16-25(35-2)26(17-20)37-18-19-9-5-4-6-10-19)27-21-11-7-13-23(32)28(21)30(34)29-22(27)12-8-14-24(29)33/h4-17,27,31-33H,3,18H2,1-2H3. The van der Waals surface area contributed by atoms with Gasteiger partial charge in [-0.2, -0.15) is 0 Å². The van der Waals surface area contributed by atoms with Crippen molar-refractivity contribution in [1.82, 2.24) is 0 Å². The first-order chi connectivity index (χ1) is 18.0. The number of ketones is 1. The average Bonchev–Trinajstić information content (AvgIpc) is 2.91. The molecule has 0 saturated carbocycles. The number of rotatable bonds is 8. The second-order valence-electron chi connectivity index (χ2n) is 8.85. The first kappa shape index (κ1) is 24.4. The zero-order valence-corrected chi connectivity index (χ0v) is 20.7. The average molecular weight is 497 g/mol. The Bertz CT molecular complexity index is 1370. The largest absolute Gasteiger partial charge is 0.507 e. The van der Waals surface area contributed by atoms with E-state index < -0.39 is 17.8 Å². The van der Waals surface area contributed by atoms with E-state index in [0.29, 0.717) is 35.8 Å². The Balaban J connectivity index is 1.62. The second kappa shape index (κ2) is 10.4. The molecule has 2 N–H and O–H groups in total. The van der Waals surface area contributed by atoms with Crippen LogP contribution in [0.3, 0.4) is 0 Å². The summed E-state index contributed by atoms with van der Waals surface area (Å²) >= 11 is 0. The van der Waals surface area contributed by atoms with Crippen molar-refractivity contribution in [2.75, 3.05) is 13.7 Å². The van der Waals surface area contributed by atoms with Crippen LogP contribution in [0, 0.1) is 0 Å². The van der Waals surface area contributed by atoms with Crippen LogP contribution in [0.2, 0.25) is 0 Å². The number of phenols is 2. The summed E-state index contributed by atoms with van der Waals surface area (Å²) in [5.41, 5.74) is 3.48. The Labute approximate surface area is 215 Å². The van der Waals surface area contributed by atoms with E-state index >= 15 is 0 Å². The molecule has 1 atom stereocenters. The number of methoxy groups -OCH3 is 1. The Morgan fingerprint density at radius 1 is 0.811 bits per heavy atom. The number of hydrogen-bond donors (Lipinski definition) is 2. The molecule has 5 rings (SSSR count). The van der Waals surface area contributed by atoms with Crippen molar-refractivity contribution in [2.45, 2.75) is 25.6 Å². The van der Waals surface area contributed by atoms with Gasteiger partial charge in [0.1, 0.15) is 18.1 Å². The highest BCUT2D eigenvalue weighted by molar-refractivity contribution is 6.16. The van der Waals surface area contributed by atoms with Crippen LogP contribution in [0.4, 0.5) is 0 Å². The van der Waals surface area contributed by atoms with Gasteiger partial charge in [0.05, 0.1) is 24.3 Å². The second-order valence-corrected chi connectivity index (χ2v) is 8.85. The predicted molar refractivity (Wildman–Crippen MR) is 140 cm³/mol. The molecule has 0 bridgehead atoms. The van der Waals surface area contributed by atoms with Gasteiger partial charge in [0.25, 0.3) is 0 Å². The number of carbonyl (C=O) groups is 1. The van der Waals surface area contributed by atoms with Crippen LogP contribution in [0.25, 0.3) is 0 Å². The maximum Gasteiger partial charge on any atom is 0.201 e. The van der Waals surface area contributed by atoms with Crippen LogP contribution in [-0.2, 0) is 11.3 Å². The zero-order chi connectivity index (χ0) is 25.9. The number of benzene rings is 4. The molecule has 1 aliphatic rings. The molecule has 1 unspecified atom stereocenters. The van der Waals surface area contributed by atoms with Gasteiger partial charge in [-0.15, -0.1) is 0 Å². The lowest BCUT2D eigenvalue weighted by atomic mass is 9.73. The van der Waals surface area contributed by atoms with Crippen LogP contribution in [0.5, 0.6) is 23.0 Å². The highest BCUT2D eigenvalue weighted by Crippen LogP contribution is 2.50. The van der Waals surface area contributed by atoms with Gasteiger partial charge in [0.2, 0.25) is 5.78 Å². The van der Waals surface area contributed by atoms with Crippen LogP contribution >= 0.6 is 0 Å². The van der Waals surface area contributed by atoms with Crippen LogP contribution < -0.4 is 9.47 Å². The Kier molecular flexibility index (Phi) is 6.84. The van der Waals surface area contributed by atoms with Crippen LogP contribution in [0.1, 0.15) is 57.1 Å². The van der Waals surface area contributed by atoms with Gasteiger partial charge in [0.15, 0.2) is 11.5 Å². The van der Waals surface area contributed by atoms with E-state index in [0.717, 1.165) is 11.1 Å². The van der Waals surface area contributed by atoms with E-state index in [1.54, 1.807) is 19.2 Å². The third-order valence-electron chi connectivity index (χ3n) is 6.68. The van der Waals surface area contributed by atoms with Crippen molar-refractivity contribution in [3.05, 3.63) is 118 Å². The topological polar surface area (TPSA) is 85.2 Å². The first-order valence-corrected chi connectivity index (χ1v) is 12.2. The molecule has 0 fully saturated rings. The third kappa shape index (κ3) is 4.52. The summed E-state index contributed by atoms with van der Waals surface area (Å²) in [4.78, 5) is 13.4. The van der Waals surface area contributed by atoms with E-state index in [1.807, 2.05) is 67.6 Å². The van der Waals surface area contributed by atoms with Gasteiger partial charge in [-0.1, -0.05) is 60.7 Å². The number of phenolic OH excluding ortho intramolecular Hbond substituents is 2. The van der Waals surface area contributed by atoms with Crippen molar-refractivity contribution >= 4 is 5.78 Å². The van der Waals surface area contributed by atoms with E-state index in [9.17, 15) is 15.0 Å². The molecule has 0 aliphatic heterocycles. The number of carbonyl (C=O) groups excluding carboxylic acids is 1. The van der Waals surface area contributed by atoms with Gasteiger partial charge in [-0.05, 0) is 53.4 Å². The van der Waals surface area contributed by atoms with Crippen molar-refractivity contribution in [3.63, 3.8) is 0 Å². The Morgan fingerprint density at radius 2 is 1.46 bits per heavy atom. The maximum absolute atomic E-state index is 13.4. The fourth-order valence-electron chi connectivity index (χ4n) is 5.03. The minimum absolute atomic E-state index is 0.127. The molecule has 1 aliphatic carbocycles. The van der Waals surface area contributed by atoms with E-state index in [2.05, 4.69) is 0 Å². The molecule has 0 aromatic heterocycles. The fourth-order valence-corrected chi connectivity index (χ4v) is 5.03. The SMILES string of the molecule is CCOC(c1ccc(OC)c(OCc2ccccc2)c1)C1c2cccc(O)c2C(=O)c2c(O)cccc21. The van der Waals surface area contributed by atoms with Gasteiger partial charge in [-0.25, -0.2) is 0 Å². The molecule has 37 heavy (non-hydrogen) atoms. The first-order valence-electron chi connectivity index (χ1n) is 12.2. The minimum Gasteiger partial charge on any atom is -0.507 e. The summed E-state index contributed by atoms with van der Waals surface area (Å²) in [7, 11) is 1.59. The molecule has 6 nitrogen and oxygen atoms in total. The molecule has 0 spiro atoms. The predicted octanol–water partition coefficient (Wildman–Crippen LogP) is 6.14. The summed E-state index contributed by atoms with van der Waals surface area (Å²) in [5, 5.41) is 21.3. The maximum atomic E-state index is 13.4. The zero-order valence-electron chi connectivity index (χ0n) is 20.7. The molecule has 188 valence electrons. The molecule has 0 heterocycles. The van der Waals surface area contributed by atoms with Crippen molar-refractivity contribution in [1.29, 1.82) is 0 Å². The molecule has 0 saturated heterocycles. The molecule has 4 aromatic rings. The summed E-state index contributed by atoms with van der Waals surface area (Å²) in [6, 6.07) is 25.6. The normalized spacial score (nSPS) is 13.5. The lowest BCUT2D eigenvalue weighted by Crippen LogP contribution is -2.25. The van der Waals surface area contributed by atoms with E-state index in [4.69, 9.17) is 14.2 Å².